The van der Waals surface area contributed by atoms with Gasteiger partial charge >= 0.3 is 0 Å². The molecule has 1 fully saturated rings. The van der Waals surface area contributed by atoms with E-state index in [-0.39, 0.29) is 17.5 Å². The highest BCUT2D eigenvalue weighted by Gasteiger charge is 2.32. The van der Waals surface area contributed by atoms with Crippen LogP contribution in [0.25, 0.3) is 0 Å². The molecule has 2 rings (SSSR count). The zero-order valence-electron chi connectivity index (χ0n) is 8.28. The topological polar surface area (TPSA) is 46.5 Å². The van der Waals surface area contributed by atoms with E-state index in [9.17, 15) is 9.18 Å². The highest BCUT2D eigenvalue weighted by atomic mass is 19.1. The van der Waals surface area contributed by atoms with Gasteiger partial charge < -0.3 is 9.84 Å². The van der Waals surface area contributed by atoms with E-state index in [0.717, 1.165) is 6.42 Å². The Morgan fingerprint density at radius 3 is 3.07 bits per heavy atom. The Bertz CT molecular complexity index is 333. The average molecular weight is 212 g/mol. The Morgan fingerprint density at radius 2 is 2.33 bits per heavy atom. The highest BCUT2D eigenvalue weighted by molar-refractivity contribution is 5.84. The number of aliphatic hydroxyl groups is 1. The molecule has 4 heteroatoms. The molecule has 1 aliphatic heterocycles. The molecule has 15 heavy (non-hydrogen) atoms. The van der Waals surface area contributed by atoms with Gasteiger partial charge in [0.15, 0.2) is 11.9 Å². The first-order valence-corrected chi connectivity index (χ1v) is 5.07. The molecule has 1 saturated heterocycles. The van der Waals surface area contributed by atoms with Crippen LogP contribution in [-0.4, -0.2) is 23.6 Å². The van der Waals surface area contributed by atoms with Crippen LogP contribution in [0.5, 0.6) is 0 Å². The van der Waals surface area contributed by atoms with Gasteiger partial charge in [-0.25, -0.2) is 4.39 Å². The molecule has 0 spiro atoms. The Labute approximate surface area is 87.2 Å². The van der Waals surface area contributed by atoms with Gasteiger partial charge in [0.05, 0.1) is 0 Å². The van der Waals surface area contributed by atoms with Crippen LogP contribution in [0.4, 0.5) is 4.39 Å². The molecule has 2 aliphatic rings. The molecule has 1 N–H and O–H groups in total. The lowest BCUT2D eigenvalue weighted by molar-refractivity contribution is -0.133. The molecular formula is C11H13FO3. The maximum absolute atomic E-state index is 12.9. The van der Waals surface area contributed by atoms with Crippen LogP contribution in [0.1, 0.15) is 19.3 Å². The molecule has 0 amide bonds. The number of hydrogen-bond donors (Lipinski definition) is 1. The van der Waals surface area contributed by atoms with Crippen molar-refractivity contribution >= 4 is 5.78 Å². The molecule has 82 valence electrons. The Hall–Kier alpha value is -1.16. The number of ether oxygens (including phenoxy) is 1. The third-order valence-corrected chi connectivity index (χ3v) is 2.84. The van der Waals surface area contributed by atoms with Crippen molar-refractivity contribution < 1.29 is 19.0 Å². The van der Waals surface area contributed by atoms with E-state index in [1.54, 1.807) is 6.08 Å². The zero-order chi connectivity index (χ0) is 10.8. The van der Waals surface area contributed by atoms with E-state index >= 15 is 0 Å². The first-order chi connectivity index (χ1) is 7.20. The van der Waals surface area contributed by atoms with E-state index in [4.69, 9.17) is 9.84 Å². The molecule has 0 saturated carbocycles. The molecule has 0 radical (unpaired) electrons. The monoisotopic (exact) mass is 212 g/mol. The van der Waals surface area contributed by atoms with E-state index < -0.39 is 12.7 Å². The van der Waals surface area contributed by atoms with Crippen LogP contribution in [0.15, 0.2) is 23.7 Å². The minimum atomic E-state index is -0.549. The number of Topliss-reactive ketones (excluding diaryl/α,β-unsaturated/α-hetero) is 1. The normalized spacial score (nSPS) is 29.7. The zero-order valence-corrected chi connectivity index (χ0v) is 8.28. The number of carbonyl (C=O) groups is 1. The fourth-order valence-corrected chi connectivity index (χ4v) is 2.00. The van der Waals surface area contributed by atoms with Crippen molar-refractivity contribution in [2.24, 2.45) is 5.92 Å². The van der Waals surface area contributed by atoms with Crippen LogP contribution >= 0.6 is 0 Å². The first-order valence-electron chi connectivity index (χ1n) is 5.07. The maximum atomic E-state index is 12.9. The van der Waals surface area contributed by atoms with Gasteiger partial charge in [-0.1, -0.05) is 0 Å². The fourth-order valence-electron chi connectivity index (χ4n) is 2.00. The van der Waals surface area contributed by atoms with Crippen LogP contribution in [0.2, 0.25) is 0 Å². The molecule has 0 aromatic heterocycles. The smallest absolute Gasteiger partial charge is 0.198 e. The number of aliphatic hydroxyl groups excluding tert-OH is 1. The molecule has 2 unspecified atom stereocenters. The highest BCUT2D eigenvalue weighted by Crippen LogP contribution is 2.36. The van der Waals surface area contributed by atoms with Gasteiger partial charge in [0.2, 0.25) is 0 Å². The molecule has 0 aromatic rings. The Morgan fingerprint density at radius 1 is 1.53 bits per heavy atom. The average Bonchev–Trinajstić information content (AvgIpc) is 2.27. The molecule has 0 aromatic carbocycles. The van der Waals surface area contributed by atoms with Crippen molar-refractivity contribution in [2.45, 2.75) is 25.4 Å². The van der Waals surface area contributed by atoms with Crippen LogP contribution in [0, 0.1) is 5.92 Å². The number of halogens is 1. The van der Waals surface area contributed by atoms with Crippen molar-refractivity contribution in [3.05, 3.63) is 23.7 Å². The summed E-state index contributed by atoms with van der Waals surface area (Å²) < 4.78 is 18.4. The van der Waals surface area contributed by atoms with E-state index in [1.807, 2.05) is 0 Å². The van der Waals surface area contributed by atoms with E-state index in [0.29, 0.717) is 18.6 Å². The number of allylic oxidation sites excluding steroid dienone is 4. The van der Waals surface area contributed by atoms with Crippen molar-refractivity contribution in [1.82, 2.24) is 0 Å². The van der Waals surface area contributed by atoms with Crippen LogP contribution in [0.3, 0.4) is 0 Å². The molecule has 3 nitrogen and oxygen atoms in total. The second-order valence-electron chi connectivity index (χ2n) is 3.89. The van der Waals surface area contributed by atoms with Crippen LogP contribution < -0.4 is 0 Å². The van der Waals surface area contributed by atoms with Gasteiger partial charge in [0.25, 0.3) is 0 Å². The second kappa shape index (κ2) is 4.14. The van der Waals surface area contributed by atoms with Crippen molar-refractivity contribution in [3.63, 3.8) is 0 Å². The Balaban J connectivity index is 2.07. The summed E-state index contributed by atoms with van der Waals surface area (Å²) in [5.41, 5.74) is 0. The number of hydrogen-bond acceptors (Lipinski definition) is 3. The largest absolute Gasteiger partial charge is 0.487 e. The quantitative estimate of drug-likeness (QED) is 0.754. The van der Waals surface area contributed by atoms with Gasteiger partial charge in [0, 0.05) is 12.3 Å². The second-order valence-corrected chi connectivity index (χ2v) is 3.89. The number of carbonyl (C=O) groups excluding carboxylic acids is 1. The summed E-state index contributed by atoms with van der Waals surface area (Å²) in [7, 11) is 0. The lowest BCUT2D eigenvalue weighted by atomic mass is 9.88. The van der Waals surface area contributed by atoms with E-state index in [1.165, 1.54) is 6.08 Å². The lowest BCUT2D eigenvalue weighted by Gasteiger charge is -2.32. The molecule has 1 aliphatic carbocycles. The summed E-state index contributed by atoms with van der Waals surface area (Å²) in [4.78, 5) is 11.2. The van der Waals surface area contributed by atoms with Gasteiger partial charge in [-0.2, -0.15) is 0 Å². The summed E-state index contributed by atoms with van der Waals surface area (Å²) in [5.74, 6) is 0.302. The molecular weight excluding hydrogens is 199 g/mol. The molecule has 2 atom stereocenters. The lowest BCUT2D eigenvalue weighted by Crippen LogP contribution is -2.33. The third-order valence-electron chi connectivity index (χ3n) is 2.84. The summed E-state index contributed by atoms with van der Waals surface area (Å²) in [6.45, 7) is -0.493. The summed E-state index contributed by atoms with van der Waals surface area (Å²) in [6.07, 6.45) is 4.08. The minimum absolute atomic E-state index is 0.0674. The summed E-state index contributed by atoms with van der Waals surface area (Å²) in [5, 5.41) is 8.70. The van der Waals surface area contributed by atoms with Gasteiger partial charge in [-0.15, -0.1) is 0 Å². The van der Waals surface area contributed by atoms with Crippen molar-refractivity contribution in [2.75, 3.05) is 6.61 Å². The predicted molar refractivity (Wildman–Crippen MR) is 51.6 cm³/mol. The molecule has 1 heterocycles. The van der Waals surface area contributed by atoms with Crippen molar-refractivity contribution in [1.29, 1.82) is 0 Å². The van der Waals surface area contributed by atoms with Gasteiger partial charge in [-0.05, 0) is 25.0 Å². The van der Waals surface area contributed by atoms with Crippen molar-refractivity contribution in [3.8, 4) is 0 Å². The molecule has 0 bridgehead atoms. The maximum Gasteiger partial charge on any atom is 0.198 e. The number of rotatable bonds is 2. The standard InChI is InChI=1S/C11H13FO3/c12-8-2-4-10-7(5-8)1-3-11(15-10)9(14)6-13/h2,4,7,11,13H,1,3,5-6H2. The third kappa shape index (κ3) is 2.09. The number of ketones is 1. The summed E-state index contributed by atoms with van der Waals surface area (Å²) >= 11 is 0. The van der Waals surface area contributed by atoms with Gasteiger partial charge in [0.1, 0.15) is 18.2 Å². The van der Waals surface area contributed by atoms with Gasteiger partial charge in [-0.3, -0.25) is 4.79 Å². The minimum Gasteiger partial charge on any atom is -0.487 e. The Kier molecular flexibility index (Phi) is 2.86. The first kappa shape index (κ1) is 10.4. The van der Waals surface area contributed by atoms with E-state index in [2.05, 4.69) is 0 Å². The number of fused-ring (bicyclic) bond motifs is 1. The summed E-state index contributed by atoms with van der Waals surface area (Å²) in [6, 6.07) is 0. The SMILES string of the molecule is O=C(CO)C1CCC2CC(F)=CC=C2O1. The fraction of sp³-hybridized carbons (Fsp3) is 0.545. The predicted octanol–water partition coefficient (Wildman–Crippen LogP) is 1.48. The van der Waals surface area contributed by atoms with Crippen LogP contribution in [-0.2, 0) is 9.53 Å².